The number of sulfone groups is 1. The summed E-state index contributed by atoms with van der Waals surface area (Å²) in [6.45, 7) is 15.7. The lowest BCUT2D eigenvalue weighted by molar-refractivity contribution is 0.117. The summed E-state index contributed by atoms with van der Waals surface area (Å²) in [6.07, 6.45) is 1.65. The van der Waals surface area contributed by atoms with E-state index in [0.29, 0.717) is 30.5 Å². The molecule has 0 saturated carbocycles. The maximum absolute atomic E-state index is 13.7. The van der Waals surface area contributed by atoms with Crippen LogP contribution in [0.4, 0.5) is 4.79 Å². The van der Waals surface area contributed by atoms with Crippen LogP contribution in [0.15, 0.2) is 70.4 Å². The molecule has 49 heavy (non-hydrogen) atoms. The zero-order valence-corrected chi connectivity index (χ0v) is 31.2. The number of hydrogen-bond acceptors (Lipinski definition) is 11. The number of aliphatic hydroxyl groups excluding tert-OH is 1. The van der Waals surface area contributed by atoms with Crippen LogP contribution in [-0.4, -0.2) is 72.0 Å². The van der Waals surface area contributed by atoms with Gasteiger partial charge in [-0.1, -0.05) is 46.8 Å². The van der Waals surface area contributed by atoms with Gasteiger partial charge in [-0.3, -0.25) is 5.32 Å². The summed E-state index contributed by atoms with van der Waals surface area (Å²) in [5.41, 5.74) is 0.815. The molecule has 1 aliphatic rings. The van der Waals surface area contributed by atoms with Crippen molar-refractivity contribution in [1.29, 1.82) is 0 Å². The summed E-state index contributed by atoms with van der Waals surface area (Å²) in [6, 6.07) is 12.5. The third-order valence-electron chi connectivity index (χ3n) is 8.82. The summed E-state index contributed by atoms with van der Waals surface area (Å²) in [7, 11) is -5.70. The Kier molecular flexibility index (Phi) is 12.8. The first-order valence-corrected chi connectivity index (χ1v) is 20.9. The van der Waals surface area contributed by atoms with E-state index in [2.05, 4.69) is 44.5 Å². The minimum Gasteiger partial charge on any atom is -0.494 e. The highest BCUT2D eigenvalue weighted by atomic mass is 32.2. The Bertz CT molecular complexity index is 1610. The van der Waals surface area contributed by atoms with Crippen molar-refractivity contribution in [2.24, 2.45) is 5.92 Å². The van der Waals surface area contributed by atoms with Crippen molar-refractivity contribution in [2.45, 2.75) is 88.0 Å². The van der Waals surface area contributed by atoms with Crippen molar-refractivity contribution in [2.75, 3.05) is 26.6 Å². The van der Waals surface area contributed by atoms with E-state index in [1.165, 1.54) is 30.7 Å². The van der Waals surface area contributed by atoms with Gasteiger partial charge in [-0.25, -0.2) is 13.2 Å². The van der Waals surface area contributed by atoms with Crippen molar-refractivity contribution in [3.63, 3.8) is 0 Å². The molecule has 1 amide bonds. The number of hydrogen-bond donors (Lipinski definition) is 3. The molecule has 4 rings (SSSR count). The van der Waals surface area contributed by atoms with E-state index in [0.717, 1.165) is 12.0 Å². The van der Waals surface area contributed by atoms with Gasteiger partial charge in [-0.15, -0.1) is 0 Å². The molecule has 1 aliphatic heterocycles. The quantitative estimate of drug-likeness (QED) is 0.113. The van der Waals surface area contributed by atoms with Gasteiger partial charge in [0.1, 0.15) is 17.4 Å². The SMILES string of the molecule is CC(C)C(NC[C@@H](O)[C@H](Cc1ccc(OCCCO[Si](C)(C)C(C)(C)C)cc1)NC(=O)Oc1ccoc1)S(=O)(=O)c1ccc2c(c1)OCO2. The van der Waals surface area contributed by atoms with E-state index >= 15 is 0 Å². The smallest absolute Gasteiger partial charge is 0.413 e. The van der Waals surface area contributed by atoms with Gasteiger partial charge in [-0.2, -0.15) is 0 Å². The lowest BCUT2D eigenvalue weighted by atomic mass is 10.0. The third-order valence-corrected chi connectivity index (χ3v) is 15.6. The van der Waals surface area contributed by atoms with E-state index in [-0.39, 0.29) is 41.4 Å². The van der Waals surface area contributed by atoms with E-state index in [1.54, 1.807) is 19.9 Å². The second kappa shape index (κ2) is 16.4. The summed E-state index contributed by atoms with van der Waals surface area (Å²) >= 11 is 0. The summed E-state index contributed by atoms with van der Waals surface area (Å²) in [5, 5.41) is 16.2. The molecule has 3 N–H and O–H groups in total. The van der Waals surface area contributed by atoms with Gasteiger partial charge in [0.15, 0.2) is 35.4 Å². The number of amides is 1. The largest absolute Gasteiger partial charge is 0.494 e. The van der Waals surface area contributed by atoms with Gasteiger partial charge in [-0.05, 0) is 60.3 Å². The maximum atomic E-state index is 13.7. The Morgan fingerprint density at radius 3 is 2.37 bits per heavy atom. The molecule has 0 radical (unpaired) electrons. The average Bonchev–Trinajstić information content (AvgIpc) is 3.72. The highest BCUT2D eigenvalue weighted by Crippen LogP contribution is 2.37. The monoisotopic (exact) mass is 718 g/mol. The van der Waals surface area contributed by atoms with Crippen LogP contribution in [0.5, 0.6) is 23.0 Å². The molecule has 14 heteroatoms. The van der Waals surface area contributed by atoms with Gasteiger partial charge in [0.2, 0.25) is 6.79 Å². The van der Waals surface area contributed by atoms with Gasteiger partial charge >= 0.3 is 6.09 Å². The molecule has 0 aliphatic carbocycles. The molecule has 3 atom stereocenters. The second-order valence-corrected chi connectivity index (χ2v) is 20.8. The molecule has 0 fully saturated rings. The fraction of sp³-hybridized carbons (Fsp3) is 0.514. The number of furan rings is 1. The van der Waals surface area contributed by atoms with Crippen molar-refractivity contribution in [3.8, 4) is 23.0 Å². The lowest BCUT2D eigenvalue weighted by Gasteiger charge is -2.36. The fourth-order valence-corrected chi connectivity index (χ4v) is 7.88. The first kappa shape index (κ1) is 38.2. The molecule has 270 valence electrons. The molecule has 0 spiro atoms. The molecular weight excluding hydrogens is 669 g/mol. The number of aliphatic hydroxyl groups is 1. The van der Waals surface area contributed by atoms with Crippen LogP contribution in [-0.2, 0) is 20.7 Å². The van der Waals surface area contributed by atoms with Crippen LogP contribution in [0.1, 0.15) is 46.6 Å². The zero-order valence-electron chi connectivity index (χ0n) is 29.4. The fourth-order valence-electron chi connectivity index (χ4n) is 4.93. The number of rotatable bonds is 17. The van der Waals surface area contributed by atoms with Crippen molar-refractivity contribution in [3.05, 3.63) is 66.6 Å². The Morgan fingerprint density at radius 2 is 1.71 bits per heavy atom. The molecule has 3 aromatic rings. The van der Waals surface area contributed by atoms with Crippen LogP contribution in [0.2, 0.25) is 18.1 Å². The van der Waals surface area contributed by atoms with E-state index in [1.807, 2.05) is 24.3 Å². The number of nitrogens with one attached hydrogen (secondary N) is 2. The number of ether oxygens (including phenoxy) is 4. The molecule has 0 saturated heterocycles. The summed E-state index contributed by atoms with van der Waals surface area (Å²) in [5.74, 6) is 1.37. The van der Waals surface area contributed by atoms with Crippen molar-refractivity contribution in [1.82, 2.24) is 10.6 Å². The predicted molar refractivity (Wildman–Crippen MR) is 187 cm³/mol. The standard InChI is InChI=1S/C35H50N2O10SSi/c1-24(2)33(48(40,41)28-13-14-31-32(20-28)45-23-44-31)36-21-30(38)29(37-34(39)47-27-15-18-42-22-27)19-25-9-11-26(12-10-25)43-16-8-17-46-49(6,7)35(3,4)5/h9-15,18,20,22,24,29-30,33,36,38H,8,16-17,19,21,23H2,1-7H3,(H,37,39)/t29-,30+,33?/m0/s1. The maximum Gasteiger partial charge on any atom is 0.413 e. The average molecular weight is 719 g/mol. The minimum atomic E-state index is -3.89. The summed E-state index contributed by atoms with van der Waals surface area (Å²) < 4.78 is 60.4. The summed E-state index contributed by atoms with van der Waals surface area (Å²) in [4.78, 5) is 12.9. The topological polar surface area (TPSA) is 155 Å². The first-order chi connectivity index (χ1) is 23.1. The third kappa shape index (κ3) is 10.5. The lowest BCUT2D eigenvalue weighted by Crippen LogP contribution is -2.52. The van der Waals surface area contributed by atoms with Crippen LogP contribution < -0.4 is 29.6 Å². The molecular formula is C35H50N2O10SSi. The van der Waals surface area contributed by atoms with Gasteiger partial charge in [0, 0.05) is 31.7 Å². The van der Waals surface area contributed by atoms with E-state index < -0.39 is 41.8 Å². The highest BCUT2D eigenvalue weighted by Gasteiger charge is 2.37. The van der Waals surface area contributed by atoms with E-state index in [9.17, 15) is 18.3 Å². The van der Waals surface area contributed by atoms with E-state index in [4.69, 9.17) is 27.8 Å². The normalized spacial score (nSPS) is 15.1. The highest BCUT2D eigenvalue weighted by molar-refractivity contribution is 7.92. The Balaban J connectivity index is 1.39. The van der Waals surface area contributed by atoms with Crippen molar-refractivity contribution < 1.29 is 46.1 Å². The van der Waals surface area contributed by atoms with Gasteiger partial charge in [0.25, 0.3) is 0 Å². The van der Waals surface area contributed by atoms with Crippen LogP contribution in [0.25, 0.3) is 0 Å². The number of fused-ring (bicyclic) bond motifs is 1. The molecule has 12 nitrogen and oxygen atoms in total. The van der Waals surface area contributed by atoms with Crippen LogP contribution >= 0.6 is 0 Å². The molecule has 1 unspecified atom stereocenters. The molecule has 2 aromatic carbocycles. The zero-order chi connectivity index (χ0) is 35.8. The second-order valence-electron chi connectivity index (χ2n) is 14.0. The first-order valence-electron chi connectivity index (χ1n) is 16.5. The number of carbonyl (C=O) groups is 1. The molecule has 1 aromatic heterocycles. The Hall–Kier alpha value is -3.56. The van der Waals surface area contributed by atoms with Crippen LogP contribution in [0, 0.1) is 5.92 Å². The van der Waals surface area contributed by atoms with Crippen LogP contribution in [0.3, 0.4) is 0 Å². The predicted octanol–water partition coefficient (Wildman–Crippen LogP) is 5.91. The number of carbonyl (C=O) groups excluding carboxylic acids is 1. The molecule has 2 heterocycles. The minimum absolute atomic E-state index is 0.0249. The van der Waals surface area contributed by atoms with Gasteiger partial charge in [0.05, 0.1) is 29.9 Å². The van der Waals surface area contributed by atoms with Crippen molar-refractivity contribution >= 4 is 24.2 Å². The van der Waals surface area contributed by atoms with Gasteiger partial charge < -0.3 is 38.2 Å². The molecule has 0 bridgehead atoms. The Morgan fingerprint density at radius 1 is 1.00 bits per heavy atom. The number of benzene rings is 2. The Labute approximate surface area is 290 Å².